The van der Waals surface area contributed by atoms with Gasteiger partial charge in [-0.05, 0) is 36.8 Å². The first-order chi connectivity index (χ1) is 10.8. The van der Waals surface area contributed by atoms with Crippen LogP contribution in [0.1, 0.15) is 24.4 Å². The van der Waals surface area contributed by atoms with Crippen LogP contribution in [0.3, 0.4) is 0 Å². The summed E-state index contributed by atoms with van der Waals surface area (Å²) in [5.74, 6) is -1.33. The Bertz CT molecular complexity index is 825. The van der Waals surface area contributed by atoms with Gasteiger partial charge < -0.3 is 5.32 Å². The van der Waals surface area contributed by atoms with Crippen molar-refractivity contribution < 1.29 is 17.6 Å². The fraction of sp³-hybridized carbons (Fsp3) is 0.214. The van der Waals surface area contributed by atoms with Gasteiger partial charge in [0, 0.05) is 0 Å². The highest BCUT2D eigenvalue weighted by Gasteiger charge is 2.37. The summed E-state index contributed by atoms with van der Waals surface area (Å²) in [5.41, 5.74) is 0.769. The highest BCUT2D eigenvalue weighted by atomic mass is 19.4. The monoisotopic (exact) mass is 325 g/mol. The van der Waals surface area contributed by atoms with Crippen molar-refractivity contribution >= 4 is 11.5 Å². The summed E-state index contributed by atoms with van der Waals surface area (Å²) in [4.78, 5) is 0. The van der Waals surface area contributed by atoms with E-state index < -0.39 is 12.0 Å². The predicted molar refractivity (Wildman–Crippen MR) is 74.2 cm³/mol. The molecule has 120 valence electrons. The molecule has 0 aliphatic rings. The lowest BCUT2D eigenvalue weighted by Crippen LogP contribution is -2.14. The standard InChI is InChI=1S/C14H11F4N5/c1-8(9-2-4-10(15)5-3-9)19-11-6-7-12-20-21-13(14(16,17)18)23(12)22-11/h2-8H,1H3,(H,19,22). The van der Waals surface area contributed by atoms with Gasteiger partial charge in [0.15, 0.2) is 5.65 Å². The molecule has 1 aromatic carbocycles. The number of nitrogens with one attached hydrogen (secondary N) is 1. The van der Waals surface area contributed by atoms with Gasteiger partial charge in [-0.2, -0.15) is 17.7 Å². The molecular weight excluding hydrogens is 314 g/mol. The van der Waals surface area contributed by atoms with Gasteiger partial charge >= 0.3 is 6.18 Å². The van der Waals surface area contributed by atoms with E-state index in [2.05, 4.69) is 20.6 Å². The fourth-order valence-corrected chi connectivity index (χ4v) is 2.10. The summed E-state index contributed by atoms with van der Waals surface area (Å²) in [7, 11) is 0. The van der Waals surface area contributed by atoms with Gasteiger partial charge in [0.25, 0.3) is 5.82 Å². The molecule has 0 saturated heterocycles. The summed E-state index contributed by atoms with van der Waals surface area (Å²) in [6, 6.07) is 8.42. The number of fused-ring (bicyclic) bond motifs is 1. The Hall–Kier alpha value is -2.71. The van der Waals surface area contributed by atoms with E-state index in [0.717, 1.165) is 5.56 Å². The van der Waals surface area contributed by atoms with Crippen molar-refractivity contribution in [3.05, 3.63) is 53.6 Å². The zero-order valence-corrected chi connectivity index (χ0v) is 11.8. The lowest BCUT2D eigenvalue weighted by atomic mass is 10.1. The Labute approximate surface area is 128 Å². The molecule has 0 aliphatic carbocycles. The van der Waals surface area contributed by atoms with Crippen molar-refractivity contribution in [2.24, 2.45) is 0 Å². The first-order valence-corrected chi connectivity index (χ1v) is 6.66. The summed E-state index contributed by atoms with van der Waals surface area (Å²) in [5, 5.41) is 13.4. The van der Waals surface area contributed by atoms with Crippen LogP contribution in [0.2, 0.25) is 0 Å². The van der Waals surface area contributed by atoms with Crippen LogP contribution in [0.4, 0.5) is 23.4 Å². The van der Waals surface area contributed by atoms with Crippen molar-refractivity contribution in [1.29, 1.82) is 0 Å². The molecule has 2 heterocycles. The fourth-order valence-electron chi connectivity index (χ4n) is 2.10. The number of hydrogen-bond donors (Lipinski definition) is 1. The van der Waals surface area contributed by atoms with Crippen molar-refractivity contribution in [2.75, 3.05) is 5.32 Å². The number of anilines is 1. The van der Waals surface area contributed by atoms with Crippen LogP contribution in [-0.2, 0) is 6.18 Å². The molecule has 3 aromatic rings. The maximum Gasteiger partial charge on any atom is 0.453 e. The Morgan fingerprint density at radius 3 is 2.39 bits per heavy atom. The quantitative estimate of drug-likeness (QED) is 0.749. The number of rotatable bonds is 3. The molecule has 9 heteroatoms. The van der Waals surface area contributed by atoms with Crippen LogP contribution in [0.25, 0.3) is 5.65 Å². The number of aromatic nitrogens is 4. The zero-order chi connectivity index (χ0) is 16.6. The molecular formula is C14H11F4N5. The second-order valence-electron chi connectivity index (χ2n) is 4.93. The van der Waals surface area contributed by atoms with Crippen LogP contribution in [0.5, 0.6) is 0 Å². The summed E-state index contributed by atoms with van der Waals surface area (Å²) in [6.07, 6.45) is -4.65. The molecule has 0 amide bonds. The van der Waals surface area contributed by atoms with Gasteiger partial charge in [-0.15, -0.1) is 15.3 Å². The van der Waals surface area contributed by atoms with Crippen LogP contribution in [0.15, 0.2) is 36.4 Å². The van der Waals surface area contributed by atoms with E-state index in [1.165, 1.54) is 24.3 Å². The molecule has 2 aromatic heterocycles. The highest BCUT2D eigenvalue weighted by Crippen LogP contribution is 2.28. The number of alkyl halides is 3. The van der Waals surface area contributed by atoms with E-state index in [-0.39, 0.29) is 23.3 Å². The Balaban J connectivity index is 1.89. The van der Waals surface area contributed by atoms with Gasteiger partial charge in [-0.3, -0.25) is 0 Å². The van der Waals surface area contributed by atoms with Crippen molar-refractivity contribution in [2.45, 2.75) is 19.1 Å². The lowest BCUT2D eigenvalue weighted by Gasteiger charge is -2.15. The van der Waals surface area contributed by atoms with Crippen LogP contribution >= 0.6 is 0 Å². The third-order valence-electron chi connectivity index (χ3n) is 3.25. The molecule has 5 nitrogen and oxygen atoms in total. The van der Waals surface area contributed by atoms with Gasteiger partial charge in [0.1, 0.15) is 11.6 Å². The summed E-state index contributed by atoms with van der Waals surface area (Å²) >= 11 is 0. The van der Waals surface area contributed by atoms with E-state index in [4.69, 9.17) is 0 Å². The number of halogens is 4. The van der Waals surface area contributed by atoms with Crippen molar-refractivity contribution in [3.8, 4) is 0 Å². The number of hydrogen-bond acceptors (Lipinski definition) is 4. The van der Waals surface area contributed by atoms with E-state index in [9.17, 15) is 17.6 Å². The number of nitrogens with zero attached hydrogens (tertiary/aromatic N) is 4. The SMILES string of the molecule is CC(Nc1ccc2nnc(C(F)(F)F)n2n1)c1ccc(F)cc1. The molecule has 3 rings (SSSR count). The maximum atomic E-state index is 12.9. The van der Waals surface area contributed by atoms with Crippen molar-refractivity contribution in [3.63, 3.8) is 0 Å². The molecule has 1 N–H and O–H groups in total. The Morgan fingerprint density at radius 2 is 1.74 bits per heavy atom. The van der Waals surface area contributed by atoms with E-state index >= 15 is 0 Å². The van der Waals surface area contributed by atoms with E-state index in [1.54, 1.807) is 19.1 Å². The molecule has 0 bridgehead atoms. The number of benzene rings is 1. The Morgan fingerprint density at radius 1 is 1.04 bits per heavy atom. The topological polar surface area (TPSA) is 55.1 Å². The molecule has 0 spiro atoms. The third kappa shape index (κ3) is 3.08. The van der Waals surface area contributed by atoms with Crippen LogP contribution < -0.4 is 5.32 Å². The molecule has 0 saturated carbocycles. The minimum absolute atomic E-state index is 0.00249. The minimum Gasteiger partial charge on any atom is -0.362 e. The zero-order valence-electron chi connectivity index (χ0n) is 11.8. The second kappa shape index (κ2) is 5.49. The molecule has 0 fully saturated rings. The predicted octanol–water partition coefficient (Wildman–Crippen LogP) is 3.46. The van der Waals surface area contributed by atoms with Crippen LogP contribution in [0, 0.1) is 5.82 Å². The molecule has 23 heavy (non-hydrogen) atoms. The van der Waals surface area contributed by atoms with E-state index in [0.29, 0.717) is 4.52 Å². The normalized spacial score (nSPS) is 13.3. The Kier molecular flexibility index (Phi) is 3.63. The maximum absolute atomic E-state index is 12.9. The first kappa shape index (κ1) is 15.2. The molecule has 1 atom stereocenters. The second-order valence-corrected chi connectivity index (χ2v) is 4.93. The van der Waals surface area contributed by atoms with E-state index in [1.807, 2.05) is 0 Å². The lowest BCUT2D eigenvalue weighted by molar-refractivity contribution is -0.146. The van der Waals surface area contributed by atoms with Crippen molar-refractivity contribution in [1.82, 2.24) is 19.8 Å². The first-order valence-electron chi connectivity index (χ1n) is 6.66. The van der Waals surface area contributed by atoms with Gasteiger partial charge in [0.05, 0.1) is 6.04 Å². The molecule has 0 aliphatic heterocycles. The van der Waals surface area contributed by atoms with Gasteiger partial charge in [-0.1, -0.05) is 12.1 Å². The third-order valence-corrected chi connectivity index (χ3v) is 3.25. The molecule has 0 radical (unpaired) electrons. The molecule has 1 unspecified atom stereocenters. The van der Waals surface area contributed by atoms with Crippen LogP contribution in [-0.4, -0.2) is 19.8 Å². The summed E-state index contributed by atoms with van der Waals surface area (Å²) < 4.78 is 52.0. The largest absolute Gasteiger partial charge is 0.453 e. The smallest absolute Gasteiger partial charge is 0.362 e. The van der Waals surface area contributed by atoms with Gasteiger partial charge in [-0.25, -0.2) is 4.39 Å². The highest BCUT2D eigenvalue weighted by molar-refractivity contribution is 5.45. The average Bonchev–Trinajstić information content (AvgIpc) is 2.91. The average molecular weight is 325 g/mol. The van der Waals surface area contributed by atoms with Gasteiger partial charge in [0.2, 0.25) is 0 Å². The summed E-state index contributed by atoms with van der Waals surface area (Å²) in [6.45, 7) is 1.79. The minimum atomic E-state index is -4.65.